The van der Waals surface area contributed by atoms with Gasteiger partial charge in [-0.3, -0.25) is 0 Å². The summed E-state index contributed by atoms with van der Waals surface area (Å²) in [6, 6.07) is 54.2. The quantitative estimate of drug-likeness (QED) is 0.178. The van der Waals surface area contributed by atoms with Crippen LogP contribution in [0.1, 0.15) is 22.3 Å². The highest BCUT2D eigenvalue weighted by Gasteiger charge is 2.44. The maximum Gasteiger partial charge on any atom is 0.252 e. The van der Waals surface area contributed by atoms with Crippen LogP contribution in [0.15, 0.2) is 146 Å². The van der Waals surface area contributed by atoms with E-state index in [2.05, 4.69) is 188 Å². The van der Waals surface area contributed by atoms with Crippen molar-refractivity contribution < 1.29 is 0 Å². The Morgan fingerprint density at radius 1 is 0.400 bits per heavy atom. The van der Waals surface area contributed by atoms with Gasteiger partial charge in [0.15, 0.2) is 0 Å². The fraction of sp³-hybridized carbons (Fsp3) is 0.0870. The zero-order chi connectivity index (χ0) is 33.7. The van der Waals surface area contributed by atoms with Crippen LogP contribution in [-0.2, 0) is 0 Å². The standard InChI is InChI=1S/C46H36BN3/c1-29-23-30(2)26-35(25-29)50-43-20-12-19-42-46(43)47(45-32(4)24-31(3)27-44(45)50)38-28-34(21-22-41(38)48(42)33-13-6-5-7-14-33)49-39-17-10-8-15-36(39)37-16-9-11-18-40(37)49/h5-28H,1-4H3. The van der Waals surface area contributed by atoms with Gasteiger partial charge < -0.3 is 14.4 Å². The van der Waals surface area contributed by atoms with Gasteiger partial charge in [0.05, 0.1) is 11.0 Å². The molecule has 3 heterocycles. The summed E-state index contributed by atoms with van der Waals surface area (Å²) >= 11 is 0. The lowest BCUT2D eigenvalue weighted by molar-refractivity contribution is 1.17. The van der Waals surface area contributed by atoms with Gasteiger partial charge in [0, 0.05) is 50.6 Å². The van der Waals surface area contributed by atoms with Crippen LogP contribution in [0.5, 0.6) is 0 Å². The number of hydrogen-bond acceptors (Lipinski definition) is 2. The molecular weight excluding hydrogens is 605 g/mol. The molecule has 0 saturated carbocycles. The average Bonchev–Trinajstić information content (AvgIpc) is 3.45. The third-order valence-corrected chi connectivity index (χ3v) is 10.7. The summed E-state index contributed by atoms with van der Waals surface area (Å²) in [6.45, 7) is 9.00. The Labute approximate surface area is 293 Å². The van der Waals surface area contributed by atoms with Crippen LogP contribution >= 0.6 is 0 Å². The van der Waals surface area contributed by atoms with Crippen LogP contribution in [-0.4, -0.2) is 11.3 Å². The molecule has 50 heavy (non-hydrogen) atoms. The van der Waals surface area contributed by atoms with E-state index in [0.717, 1.165) is 5.69 Å². The highest BCUT2D eigenvalue weighted by atomic mass is 15.2. The Hall–Kier alpha value is -6.00. The Bertz CT molecular complexity index is 2600. The van der Waals surface area contributed by atoms with Crippen LogP contribution in [0.2, 0.25) is 0 Å². The number of hydrogen-bond donors (Lipinski definition) is 0. The molecule has 7 aromatic carbocycles. The minimum Gasteiger partial charge on any atom is -0.311 e. The molecule has 3 nitrogen and oxygen atoms in total. The van der Waals surface area contributed by atoms with Gasteiger partial charge in [-0.05, 0) is 134 Å². The SMILES string of the molecule is Cc1cc(C)cc(N2c3cc(C)cc(C)c3B3c4cc(-n5c6ccccc6c6ccccc65)ccc4N(c4ccccc4)c4cccc2c43)c1. The molecule has 0 aliphatic carbocycles. The zero-order valence-corrected chi connectivity index (χ0v) is 28.8. The largest absolute Gasteiger partial charge is 0.311 e. The topological polar surface area (TPSA) is 11.4 Å². The molecule has 2 aliphatic rings. The fourth-order valence-electron chi connectivity index (χ4n) is 8.99. The minimum absolute atomic E-state index is 0.0574. The molecule has 0 unspecified atom stereocenters. The number of fused-ring (bicyclic) bond motifs is 7. The van der Waals surface area contributed by atoms with Crippen molar-refractivity contribution in [3.63, 3.8) is 0 Å². The lowest BCUT2D eigenvalue weighted by Gasteiger charge is -2.45. The summed E-state index contributed by atoms with van der Waals surface area (Å²) in [6.07, 6.45) is 0. The molecule has 0 atom stereocenters. The monoisotopic (exact) mass is 641 g/mol. The van der Waals surface area contributed by atoms with Crippen LogP contribution in [0.3, 0.4) is 0 Å². The first-order valence-corrected chi connectivity index (χ1v) is 17.6. The van der Waals surface area contributed by atoms with Crippen LogP contribution in [0, 0.1) is 27.7 Å². The number of aryl methyl sites for hydroxylation is 4. The second kappa shape index (κ2) is 10.8. The zero-order valence-electron chi connectivity index (χ0n) is 28.8. The minimum atomic E-state index is 0.0574. The van der Waals surface area contributed by atoms with Gasteiger partial charge in [-0.2, -0.15) is 0 Å². The molecule has 0 fully saturated rings. The fourth-order valence-corrected chi connectivity index (χ4v) is 8.99. The van der Waals surface area contributed by atoms with Gasteiger partial charge in [0.1, 0.15) is 0 Å². The summed E-state index contributed by atoms with van der Waals surface area (Å²) in [5.41, 5.74) is 20.1. The van der Waals surface area contributed by atoms with Gasteiger partial charge in [0.2, 0.25) is 0 Å². The van der Waals surface area contributed by atoms with Crippen LogP contribution in [0.4, 0.5) is 34.1 Å². The molecule has 10 rings (SSSR count). The average molecular weight is 642 g/mol. The van der Waals surface area contributed by atoms with Gasteiger partial charge >= 0.3 is 0 Å². The second-order valence-electron chi connectivity index (χ2n) is 14.1. The molecule has 238 valence electrons. The van der Waals surface area contributed by atoms with E-state index in [9.17, 15) is 0 Å². The summed E-state index contributed by atoms with van der Waals surface area (Å²) in [4.78, 5) is 5.00. The lowest BCUT2D eigenvalue weighted by Crippen LogP contribution is -2.62. The number of nitrogens with zero attached hydrogens (tertiary/aromatic N) is 3. The van der Waals surface area contributed by atoms with Crippen molar-refractivity contribution in [2.24, 2.45) is 0 Å². The third kappa shape index (κ3) is 4.12. The molecule has 0 saturated heterocycles. The third-order valence-electron chi connectivity index (χ3n) is 10.7. The molecule has 8 aromatic rings. The maximum absolute atomic E-state index is 2.52. The molecule has 0 N–H and O–H groups in total. The van der Waals surface area contributed by atoms with Gasteiger partial charge in [-0.1, -0.05) is 78.4 Å². The molecule has 0 spiro atoms. The summed E-state index contributed by atoms with van der Waals surface area (Å²) in [5.74, 6) is 0. The molecule has 4 heteroatoms. The van der Waals surface area contributed by atoms with E-state index in [1.165, 1.54) is 94.6 Å². The highest BCUT2D eigenvalue weighted by molar-refractivity contribution is 7.00. The van der Waals surface area contributed by atoms with E-state index in [-0.39, 0.29) is 6.71 Å². The number of aromatic nitrogens is 1. The summed E-state index contributed by atoms with van der Waals surface area (Å²) < 4.78 is 2.45. The van der Waals surface area contributed by atoms with Crippen molar-refractivity contribution in [3.8, 4) is 5.69 Å². The second-order valence-corrected chi connectivity index (χ2v) is 14.1. The smallest absolute Gasteiger partial charge is 0.252 e. The Kier molecular flexibility index (Phi) is 6.23. The van der Waals surface area contributed by atoms with Crippen molar-refractivity contribution >= 4 is 79.0 Å². The number of para-hydroxylation sites is 3. The number of anilines is 6. The molecule has 2 aliphatic heterocycles. The van der Waals surface area contributed by atoms with Crippen molar-refractivity contribution in [2.75, 3.05) is 9.80 Å². The lowest BCUT2D eigenvalue weighted by atomic mass is 9.32. The molecule has 1 aromatic heterocycles. The van der Waals surface area contributed by atoms with Crippen LogP contribution in [0.25, 0.3) is 27.5 Å². The van der Waals surface area contributed by atoms with Crippen molar-refractivity contribution in [1.29, 1.82) is 0 Å². The maximum atomic E-state index is 2.52. The van der Waals surface area contributed by atoms with E-state index in [4.69, 9.17) is 0 Å². The van der Waals surface area contributed by atoms with Crippen molar-refractivity contribution in [2.45, 2.75) is 27.7 Å². The van der Waals surface area contributed by atoms with E-state index < -0.39 is 0 Å². The van der Waals surface area contributed by atoms with Gasteiger partial charge in [-0.15, -0.1) is 0 Å². The van der Waals surface area contributed by atoms with Crippen LogP contribution < -0.4 is 26.2 Å². The first-order valence-electron chi connectivity index (χ1n) is 17.6. The molecular formula is C46H36BN3. The first kappa shape index (κ1) is 29.0. The Morgan fingerprint density at radius 3 is 1.68 bits per heavy atom. The predicted molar refractivity (Wildman–Crippen MR) is 214 cm³/mol. The normalized spacial score (nSPS) is 13.1. The van der Waals surface area contributed by atoms with Gasteiger partial charge in [-0.25, -0.2) is 0 Å². The predicted octanol–water partition coefficient (Wildman–Crippen LogP) is 10.1. The molecule has 0 bridgehead atoms. The summed E-state index contributed by atoms with van der Waals surface area (Å²) in [7, 11) is 0. The van der Waals surface area contributed by atoms with E-state index in [0.29, 0.717) is 0 Å². The molecule has 0 radical (unpaired) electrons. The van der Waals surface area contributed by atoms with E-state index >= 15 is 0 Å². The molecule has 0 amide bonds. The highest BCUT2D eigenvalue weighted by Crippen LogP contribution is 2.45. The van der Waals surface area contributed by atoms with Gasteiger partial charge in [0.25, 0.3) is 6.71 Å². The van der Waals surface area contributed by atoms with Crippen molar-refractivity contribution in [3.05, 3.63) is 168 Å². The number of benzene rings is 7. The number of rotatable bonds is 3. The summed E-state index contributed by atoms with van der Waals surface area (Å²) in [5, 5.41) is 2.55. The Balaban J connectivity index is 1.31. The van der Waals surface area contributed by atoms with E-state index in [1.807, 2.05) is 0 Å². The van der Waals surface area contributed by atoms with Crippen molar-refractivity contribution in [1.82, 2.24) is 4.57 Å². The Morgan fingerprint density at radius 2 is 1.00 bits per heavy atom. The first-order chi connectivity index (χ1) is 24.5. The van der Waals surface area contributed by atoms with E-state index in [1.54, 1.807) is 0 Å².